The van der Waals surface area contributed by atoms with Crippen LogP contribution >= 0.6 is 0 Å². The van der Waals surface area contributed by atoms with E-state index in [2.05, 4.69) is 6.58 Å². The van der Waals surface area contributed by atoms with Crippen LogP contribution in [-0.2, 0) is 9.59 Å². The quantitative estimate of drug-likeness (QED) is 0.481. The molecular weight excluding hydrogens is 244 g/mol. The smallest absolute Gasteiger partial charge is 0.335 e. The Bertz CT molecular complexity index is 658. The second-order valence-corrected chi connectivity index (χ2v) is 3.83. The third kappa shape index (κ3) is 2.80. The second-order valence-electron chi connectivity index (χ2n) is 3.83. The first-order valence-electron chi connectivity index (χ1n) is 5.66. The number of ether oxygens (including phenoxy) is 2. The minimum absolute atomic E-state index is 0.399. The normalized spacial score (nSPS) is 9.95. The molecule has 2 aromatic carbocycles. The van der Waals surface area contributed by atoms with E-state index in [1.165, 1.54) is 6.92 Å². The predicted molar refractivity (Wildman–Crippen MR) is 71.1 cm³/mol. The lowest BCUT2D eigenvalue weighted by atomic mass is 10.1. The molecule has 0 unspecified atom stereocenters. The van der Waals surface area contributed by atoms with Gasteiger partial charge >= 0.3 is 11.9 Å². The third-order valence-corrected chi connectivity index (χ3v) is 2.47. The molecule has 0 atom stereocenters. The van der Waals surface area contributed by atoms with E-state index >= 15 is 0 Å². The van der Waals surface area contributed by atoms with Crippen molar-refractivity contribution in [3.05, 3.63) is 49.1 Å². The van der Waals surface area contributed by atoms with Crippen molar-refractivity contribution in [3.8, 4) is 11.5 Å². The first-order valence-corrected chi connectivity index (χ1v) is 5.66. The maximum atomic E-state index is 11.3. The molecule has 2 aromatic rings. The van der Waals surface area contributed by atoms with Crippen molar-refractivity contribution in [1.82, 2.24) is 0 Å². The minimum atomic E-state index is -0.537. The zero-order valence-corrected chi connectivity index (χ0v) is 10.4. The van der Waals surface area contributed by atoms with Crippen molar-refractivity contribution in [2.24, 2.45) is 0 Å². The van der Waals surface area contributed by atoms with Gasteiger partial charge in [0.1, 0.15) is 11.5 Å². The van der Waals surface area contributed by atoms with Crippen LogP contribution in [0.4, 0.5) is 0 Å². The molecule has 0 saturated heterocycles. The average Bonchev–Trinajstić information content (AvgIpc) is 2.41. The highest BCUT2D eigenvalue weighted by Gasteiger charge is 2.10. The molecule has 0 amide bonds. The average molecular weight is 256 g/mol. The molecule has 0 aliphatic rings. The Kier molecular flexibility index (Phi) is 3.61. The van der Waals surface area contributed by atoms with Gasteiger partial charge in [0.2, 0.25) is 0 Å². The Morgan fingerprint density at radius 1 is 1.00 bits per heavy atom. The predicted octanol–water partition coefficient (Wildman–Crippen LogP) is 2.86. The summed E-state index contributed by atoms with van der Waals surface area (Å²) in [6.45, 7) is 4.68. The van der Waals surface area contributed by atoms with Gasteiger partial charge < -0.3 is 9.47 Å². The van der Waals surface area contributed by atoms with Crippen LogP contribution in [0.1, 0.15) is 6.92 Å². The summed E-state index contributed by atoms with van der Waals surface area (Å²) in [7, 11) is 0. The molecule has 0 radical (unpaired) electrons. The molecule has 0 aromatic heterocycles. The van der Waals surface area contributed by atoms with E-state index in [1.807, 2.05) is 12.1 Å². The van der Waals surface area contributed by atoms with Gasteiger partial charge in [0.15, 0.2) is 0 Å². The van der Waals surface area contributed by atoms with Crippen LogP contribution in [-0.4, -0.2) is 11.9 Å². The highest BCUT2D eigenvalue weighted by atomic mass is 16.5. The Balaban J connectivity index is 2.54. The van der Waals surface area contributed by atoms with Crippen molar-refractivity contribution < 1.29 is 19.1 Å². The zero-order valence-electron chi connectivity index (χ0n) is 10.4. The number of benzene rings is 2. The summed E-state index contributed by atoms with van der Waals surface area (Å²) in [6.07, 6.45) is 1.09. The fourth-order valence-corrected chi connectivity index (χ4v) is 1.73. The van der Waals surface area contributed by atoms with E-state index in [0.717, 1.165) is 6.08 Å². The van der Waals surface area contributed by atoms with Gasteiger partial charge in [-0.3, -0.25) is 4.79 Å². The Labute approximate surface area is 110 Å². The van der Waals surface area contributed by atoms with Crippen LogP contribution in [0, 0.1) is 0 Å². The number of hydrogen-bond donors (Lipinski definition) is 0. The van der Waals surface area contributed by atoms with Gasteiger partial charge in [-0.05, 0) is 12.1 Å². The van der Waals surface area contributed by atoms with Gasteiger partial charge in [-0.1, -0.05) is 30.8 Å². The van der Waals surface area contributed by atoms with Gasteiger partial charge in [0, 0.05) is 23.8 Å². The summed E-state index contributed by atoms with van der Waals surface area (Å²) in [5.41, 5.74) is 0. The van der Waals surface area contributed by atoms with Crippen molar-refractivity contribution in [2.45, 2.75) is 6.92 Å². The van der Waals surface area contributed by atoms with Crippen LogP contribution in [0.2, 0.25) is 0 Å². The molecular formula is C15H12O4. The van der Waals surface area contributed by atoms with E-state index in [-0.39, 0.29) is 0 Å². The Morgan fingerprint density at radius 2 is 1.53 bits per heavy atom. The van der Waals surface area contributed by atoms with Crippen LogP contribution in [0.3, 0.4) is 0 Å². The summed E-state index contributed by atoms with van der Waals surface area (Å²) in [4.78, 5) is 22.3. The standard InChI is InChI=1S/C15H12O4/c1-3-15(17)19-14-9-8-13(18-10(2)16)11-6-4-5-7-12(11)14/h3-9H,1H2,2H3. The molecule has 4 heteroatoms. The van der Waals surface area contributed by atoms with Crippen LogP contribution in [0.15, 0.2) is 49.1 Å². The van der Waals surface area contributed by atoms with Crippen molar-refractivity contribution >= 4 is 22.7 Å². The summed E-state index contributed by atoms with van der Waals surface area (Å²) in [6, 6.07) is 10.4. The van der Waals surface area contributed by atoms with E-state index in [9.17, 15) is 9.59 Å². The molecule has 0 fully saturated rings. The van der Waals surface area contributed by atoms with E-state index in [4.69, 9.17) is 9.47 Å². The molecule has 0 aliphatic carbocycles. The van der Waals surface area contributed by atoms with Crippen LogP contribution in [0.25, 0.3) is 10.8 Å². The number of esters is 2. The van der Waals surface area contributed by atoms with Crippen molar-refractivity contribution in [3.63, 3.8) is 0 Å². The number of rotatable bonds is 3. The fraction of sp³-hybridized carbons (Fsp3) is 0.0667. The maximum Gasteiger partial charge on any atom is 0.335 e. The molecule has 0 bridgehead atoms. The van der Waals surface area contributed by atoms with Crippen LogP contribution < -0.4 is 9.47 Å². The molecule has 2 rings (SSSR count). The summed E-state index contributed by atoms with van der Waals surface area (Å²) < 4.78 is 10.3. The van der Waals surface area contributed by atoms with Crippen LogP contribution in [0.5, 0.6) is 11.5 Å². The highest BCUT2D eigenvalue weighted by Crippen LogP contribution is 2.33. The lowest BCUT2D eigenvalue weighted by Gasteiger charge is -2.10. The van der Waals surface area contributed by atoms with E-state index < -0.39 is 11.9 Å². The van der Waals surface area contributed by atoms with E-state index in [0.29, 0.717) is 22.3 Å². The SMILES string of the molecule is C=CC(=O)Oc1ccc(OC(C)=O)c2ccccc12. The van der Waals surface area contributed by atoms with Gasteiger partial charge in [0.05, 0.1) is 0 Å². The topological polar surface area (TPSA) is 52.6 Å². The Hall–Kier alpha value is -2.62. The maximum absolute atomic E-state index is 11.3. The van der Waals surface area contributed by atoms with Crippen molar-refractivity contribution in [2.75, 3.05) is 0 Å². The first-order chi connectivity index (χ1) is 9.11. The molecule has 0 spiro atoms. The summed E-state index contributed by atoms with van der Waals surface area (Å²) in [5.74, 6) is -0.107. The fourth-order valence-electron chi connectivity index (χ4n) is 1.73. The van der Waals surface area contributed by atoms with Gasteiger partial charge in [-0.25, -0.2) is 4.79 Å². The molecule has 0 heterocycles. The Morgan fingerprint density at radius 3 is 2.00 bits per heavy atom. The molecule has 0 saturated carbocycles. The monoisotopic (exact) mass is 256 g/mol. The van der Waals surface area contributed by atoms with Gasteiger partial charge in [0.25, 0.3) is 0 Å². The largest absolute Gasteiger partial charge is 0.426 e. The van der Waals surface area contributed by atoms with Gasteiger partial charge in [-0.2, -0.15) is 0 Å². The molecule has 19 heavy (non-hydrogen) atoms. The lowest BCUT2D eigenvalue weighted by molar-refractivity contribution is -0.132. The lowest BCUT2D eigenvalue weighted by Crippen LogP contribution is -2.05. The zero-order chi connectivity index (χ0) is 13.8. The molecule has 96 valence electrons. The highest BCUT2D eigenvalue weighted by molar-refractivity contribution is 5.96. The third-order valence-electron chi connectivity index (χ3n) is 2.47. The molecule has 0 N–H and O–H groups in total. The first kappa shape index (κ1) is 12.8. The minimum Gasteiger partial charge on any atom is -0.426 e. The van der Waals surface area contributed by atoms with Gasteiger partial charge in [-0.15, -0.1) is 0 Å². The summed E-state index contributed by atoms with van der Waals surface area (Å²) in [5, 5.41) is 1.39. The second kappa shape index (κ2) is 5.35. The van der Waals surface area contributed by atoms with E-state index in [1.54, 1.807) is 24.3 Å². The molecule has 0 aliphatic heterocycles. The molecule has 4 nitrogen and oxygen atoms in total. The number of carbonyl (C=O) groups excluding carboxylic acids is 2. The number of hydrogen-bond acceptors (Lipinski definition) is 4. The number of carbonyl (C=O) groups is 2. The summed E-state index contributed by atoms with van der Waals surface area (Å²) >= 11 is 0. The van der Waals surface area contributed by atoms with Crippen molar-refractivity contribution in [1.29, 1.82) is 0 Å². The number of fused-ring (bicyclic) bond motifs is 1.